The van der Waals surface area contributed by atoms with Crippen LogP contribution in [0.3, 0.4) is 0 Å². The lowest BCUT2D eigenvalue weighted by Crippen LogP contribution is -2.16. The number of hydrogen-bond donors (Lipinski definition) is 1. The Bertz CT molecular complexity index is 1570. The highest BCUT2D eigenvalue weighted by Gasteiger charge is 2.28. The van der Waals surface area contributed by atoms with Crippen LogP contribution in [0.15, 0.2) is 136 Å². The van der Waals surface area contributed by atoms with Gasteiger partial charge in [0, 0.05) is 17.7 Å². The van der Waals surface area contributed by atoms with Crippen LogP contribution < -0.4 is 0 Å². The molecule has 0 saturated carbocycles. The minimum atomic E-state index is -4.02. The van der Waals surface area contributed by atoms with E-state index < -0.39 is 10.1 Å². The Kier molecular flexibility index (Phi) is 9.54. The summed E-state index contributed by atoms with van der Waals surface area (Å²) in [7, 11) is -4.02. The zero-order chi connectivity index (χ0) is 27.7. The fourth-order valence-corrected chi connectivity index (χ4v) is 5.69. The molecule has 0 radical (unpaired) electrons. The number of para-hydroxylation sites is 1. The van der Waals surface area contributed by atoms with E-state index in [-0.39, 0.29) is 4.90 Å². The Morgan fingerprint density at radius 2 is 1.33 bits per heavy atom. The van der Waals surface area contributed by atoms with E-state index in [1.54, 1.807) is 12.1 Å². The highest BCUT2D eigenvalue weighted by Crippen LogP contribution is 2.50. The lowest BCUT2D eigenvalue weighted by Gasteiger charge is -2.21. The van der Waals surface area contributed by atoms with Crippen molar-refractivity contribution in [1.29, 1.82) is 0 Å². The number of aliphatic imine (C=N–C) groups is 1. The van der Waals surface area contributed by atoms with Crippen molar-refractivity contribution < 1.29 is 13.0 Å². The maximum atomic E-state index is 10.5. The maximum absolute atomic E-state index is 10.5. The van der Waals surface area contributed by atoms with Gasteiger partial charge in [-0.1, -0.05) is 108 Å². The lowest BCUT2D eigenvalue weighted by molar-refractivity contribution is 0.483. The second-order valence-electron chi connectivity index (χ2n) is 8.66. The first kappa shape index (κ1) is 28.1. The number of nitrogens with zero attached hydrogens (tertiary/aromatic N) is 2. The molecule has 0 bridgehead atoms. The standard InChI is InChI=1S/C25H22N2S.C7H8O3S/c1-2-27-23(18-19-26-22-16-10-5-11-17-22)28-25(21-14-8-4-9-15-21)24(27)20-12-6-3-7-13-20;1-6-2-4-7(5-3-6)11(8,9)10/h3-19H,2H2,1H3;2-5H,1H3,(H,8,9,10)/b23-18+,26-19?;. The van der Waals surface area contributed by atoms with E-state index in [1.807, 2.05) is 55.2 Å². The molecule has 1 aliphatic heterocycles. The second kappa shape index (κ2) is 13.2. The maximum Gasteiger partial charge on any atom is 0.294 e. The molecule has 4 aromatic rings. The van der Waals surface area contributed by atoms with Gasteiger partial charge in [-0.15, -0.1) is 0 Å². The summed E-state index contributed by atoms with van der Waals surface area (Å²) in [6.07, 6.45) is 4.01. The fraction of sp³-hybridized carbons (Fsp3) is 0.0938. The van der Waals surface area contributed by atoms with Crippen molar-refractivity contribution in [3.63, 3.8) is 0 Å². The molecule has 0 aromatic heterocycles. The third-order valence-corrected chi connectivity index (χ3v) is 7.94. The van der Waals surface area contributed by atoms with E-state index in [1.165, 1.54) is 38.9 Å². The summed E-state index contributed by atoms with van der Waals surface area (Å²) in [4.78, 5) is 8.17. The number of benzene rings is 4. The van der Waals surface area contributed by atoms with Crippen LogP contribution in [-0.4, -0.2) is 30.6 Å². The summed E-state index contributed by atoms with van der Waals surface area (Å²) < 4.78 is 29.6. The van der Waals surface area contributed by atoms with E-state index in [9.17, 15) is 8.42 Å². The van der Waals surface area contributed by atoms with Crippen LogP contribution in [0.25, 0.3) is 10.6 Å². The molecule has 1 N–H and O–H groups in total. The normalized spacial score (nSPS) is 14.5. The van der Waals surface area contributed by atoms with Gasteiger partial charge in [0.15, 0.2) is 0 Å². The van der Waals surface area contributed by atoms with Gasteiger partial charge in [-0.05, 0) is 55.3 Å². The number of hydrogen-bond acceptors (Lipinski definition) is 5. The molecule has 0 spiro atoms. The Hall–Kier alpha value is -3.91. The van der Waals surface area contributed by atoms with Crippen LogP contribution >= 0.6 is 11.8 Å². The van der Waals surface area contributed by atoms with Crippen molar-refractivity contribution >= 4 is 44.4 Å². The molecule has 4 aromatic carbocycles. The average molecular weight is 555 g/mol. The van der Waals surface area contributed by atoms with E-state index >= 15 is 0 Å². The van der Waals surface area contributed by atoms with Gasteiger partial charge < -0.3 is 4.90 Å². The van der Waals surface area contributed by atoms with Crippen molar-refractivity contribution in [3.8, 4) is 0 Å². The molecule has 1 heterocycles. The van der Waals surface area contributed by atoms with Gasteiger partial charge >= 0.3 is 0 Å². The predicted molar refractivity (Wildman–Crippen MR) is 163 cm³/mol. The van der Waals surface area contributed by atoms with Crippen molar-refractivity contribution in [1.82, 2.24) is 4.90 Å². The molecular formula is C32H30N2O3S2. The number of allylic oxidation sites excluding steroid dienone is 1. The topological polar surface area (TPSA) is 70.0 Å². The third kappa shape index (κ3) is 7.57. The summed E-state index contributed by atoms with van der Waals surface area (Å²) in [6.45, 7) is 4.94. The molecule has 39 heavy (non-hydrogen) atoms. The van der Waals surface area contributed by atoms with E-state index in [0.29, 0.717) is 0 Å². The first-order chi connectivity index (χ1) is 18.9. The molecule has 0 fully saturated rings. The van der Waals surface area contributed by atoms with Gasteiger partial charge in [-0.2, -0.15) is 8.42 Å². The Morgan fingerprint density at radius 1 is 0.795 bits per heavy atom. The van der Waals surface area contributed by atoms with E-state index in [4.69, 9.17) is 4.55 Å². The highest BCUT2D eigenvalue weighted by molar-refractivity contribution is 8.12. The zero-order valence-corrected chi connectivity index (χ0v) is 23.4. The SMILES string of the molecule is CCN1C(c2ccccc2)=C(c2ccccc2)S/C1=C/C=Nc1ccccc1.Cc1ccc(S(=O)(=O)O)cc1. The van der Waals surface area contributed by atoms with Crippen LogP contribution in [0.5, 0.6) is 0 Å². The first-order valence-corrected chi connectivity index (χ1v) is 14.8. The van der Waals surface area contributed by atoms with Crippen LogP contribution in [0, 0.1) is 6.92 Å². The quantitative estimate of drug-likeness (QED) is 0.193. The monoisotopic (exact) mass is 554 g/mol. The molecule has 0 unspecified atom stereocenters. The molecule has 5 rings (SSSR count). The van der Waals surface area contributed by atoms with E-state index in [2.05, 4.69) is 83.6 Å². The molecule has 5 nitrogen and oxygen atoms in total. The molecular weight excluding hydrogens is 524 g/mol. The van der Waals surface area contributed by atoms with Gasteiger partial charge in [0.25, 0.3) is 10.1 Å². The Labute approximate surface area is 235 Å². The summed E-state index contributed by atoms with van der Waals surface area (Å²) >= 11 is 1.81. The van der Waals surface area contributed by atoms with Gasteiger partial charge in [0.1, 0.15) is 0 Å². The van der Waals surface area contributed by atoms with Crippen molar-refractivity contribution in [3.05, 3.63) is 143 Å². The molecule has 0 aliphatic carbocycles. The molecule has 0 saturated heterocycles. The van der Waals surface area contributed by atoms with Crippen LogP contribution in [0.1, 0.15) is 23.6 Å². The third-order valence-electron chi connectivity index (χ3n) is 5.87. The Balaban J connectivity index is 0.000000270. The number of aryl methyl sites for hydroxylation is 1. The summed E-state index contributed by atoms with van der Waals surface area (Å²) in [5.74, 6) is 0. The van der Waals surface area contributed by atoms with Crippen LogP contribution in [0.4, 0.5) is 5.69 Å². The van der Waals surface area contributed by atoms with Crippen LogP contribution in [-0.2, 0) is 10.1 Å². The zero-order valence-electron chi connectivity index (χ0n) is 21.8. The van der Waals surface area contributed by atoms with Gasteiger partial charge in [0.05, 0.1) is 21.3 Å². The fourth-order valence-electron chi connectivity index (χ4n) is 3.96. The average Bonchev–Trinajstić information content (AvgIpc) is 3.33. The summed E-state index contributed by atoms with van der Waals surface area (Å²) in [6, 6.07) is 37.3. The largest absolute Gasteiger partial charge is 0.335 e. The number of rotatable bonds is 6. The molecule has 198 valence electrons. The Morgan fingerprint density at radius 3 is 1.87 bits per heavy atom. The van der Waals surface area contributed by atoms with Crippen molar-refractivity contribution in [2.45, 2.75) is 18.7 Å². The molecule has 0 atom stereocenters. The lowest BCUT2D eigenvalue weighted by atomic mass is 10.1. The minimum Gasteiger partial charge on any atom is -0.335 e. The molecule has 7 heteroatoms. The summed E-state index contributed by atoms with van der Waals surface area (Å²) in [5, 5.41) is 1.19. The first-order valence-electron chi connectivity index (χ1n) is 12.5. The van der Waals surface area contributed by atoms with E-state index in [0.717, 1.165) is 17.8 Å². The number of thioether (sulfide) groups is 1. The van der Waals surface area contributed by atoms with Crippen LogP contribution in [0.2, 0.25) is 0 Å². The predicted octanol–water partition coefficient (Wildman–Crippen LogP) is 8.07. The van der Waals surface area contributed by atoms with Gasteiger partial charge in [0.2, 0.25) is 0 Å². The minimum absolute atomic E-state index is 0.0666. The molecule has 0 amide bonds. The van der Waals surface area contributed by atoms with Crippen molar-refractivity contribution in [2.75, 3.05) is 6.54 Å². The molecule has 1 aliphatic rings. The highest BCUT2D eigenvalue weighted by atomic mass is 32.2. The van der Waals surface area contributed by atoms with Gasteiger partial charge in [-0.3, -0.25) is 9.55 Å². The van der Waals surface area contributed by atoms with Gasteiger partial charge in [-0.25, -0.2) is 0 Å². The second-order valence-corrected chi connectivity index (χ2v) is 11.1. The van der Waals surface area contributed by atoms with Crippen molar-refractivity contribution in [2.24, 2.45) is 4.99 Å². The smallest absolute Gasteiger partial charge is 0.294 e. The summed E-state index contributed by atoms with van der Waals surface area (Å²) in [5.41, 5.74) is 5.66.